The molecule has 0 aliphatic carbocycles. The molecule has 1 aromatic carbocycles. The molecule has 0 spiro atoms. The van der Waals surface area contributed by atoms with E-state index < -0.39 is 0 Å². The molecule has 1 aliphatic rings. The van der Waals surface area contributed by atoms with Crippen LogP contribution in [-0.4, -0.2) is 54.1 Å². The van der Waals surface area contributed by atoms with Crippen LogP contribution in [0.1, 0.15) is 36.0 Å². The lowest BCUT2D eigenvalue weighted by atomic mass is 10.2. The van der Waals surface area contributed by atoms with Crippen LogP contribution in [0.5, 0.6) is 11.5 Å². The monoisotopic (exact) mass is 370 g/mol. The van der Waals surface area contributed by atoms with Gasteiger partial charge >= 0.3 is 0 Å². The number of carbonyl (C=O) groups excluding carboxylic acids is 1. The number of anilines is 1. The normalized spacial score (nSPS) is 14.3. The third kappa shape index (κ3) is 5.57. The van der Waals surface area contributed by atoms with Gasteiger partial charge in [-0.05, 0) is 37.1 Å². The fourth-order valence-electron chi connectivity index (χ4n) is 2.99. The Balaban J connectivity index is 1.43. The maximum atomic E-state index is 12.5. The molecule has 1 aliphatic heterocycles. The number of hydrogen-bond donors (Lipinski definition) is 1. The predicted molar refractivity (Wildman–Crippen MR) is 103 cm³/mol. The number of ether oxygens (including phenoxy) is 2. The van der Waals surface area contributed by atoms with E-state index in [2.05, 4.69) is 15.3 Å². The van der Waals surface area contributed by atoms with E-state index in [4.69, 9.17) is 9.47 Å². The largest absolute Gasteiger partial charge is 0.497 e. The molecule has 7 heteroatoms. The van der Waals surface area contributed by atoms with Crippen molar-refractivity contribution < 1.29 is 14.3 Å². The quantitative estimate of drug-likeness (QED) is 0.755. The number of nitrogens with one attached hydrogen (secondary N) is 1. The second-order valence-corrected chi connectivity index (χ2v) is 6.45. The Kier molecular flexibility index (Phi) is 6.84. The number of benzene rings is 1. The zero-order valence-electron chi connectivity index (χ0n) is 15.7. The molecule has 0 atom stereocenters. The summed E-state index contributed by atoms with van der Waals surface area (Å²) in [5.41, 5.74) is 0.539. The Hall–Kier alpha value is -2.83. The van der Waals surface area contributed by atoms with Crippen molar-refractivity contribution in [1.82, 2.24) is 14.9 Å². The molecule has 2 aromatic rings. The summed E-state index contributed by atoms with van der Waals surface area (Å²) in [6.07, 6.45) is 7.71. The molecule has 27 heavy (non-hydrogen) atoms. The summed E-state index contributed by atoms with van der Waals surface area (Å²) in [6, 6.07) is 7.43. The fraction of sp³-hybridized carbons (Fsp3) is 0.450. The first-order chi connectivity index (χ1) is 13.3. The van der Waals surface area contributed by atoms with Gasteiger partial charge in [-0.1, -0.05) is 12.8 Å². The highest BCUT2D eigenvalue weighted by molar-refractivity contribution is 5.93. The van der Waals surface area contributed by atoms with Gasteiger partial charge in [-0.2, -0.15) is 0 Å². The molecule has 1 fully saturated rings. The van der Waals surface area contributed by atoms with Gasteiger partial charge < -0.3 is 19.7 Å². The molecule has 1 amide bonds. The minimum atomic E-state index is 0.0197. The Bertz CT molecular complexity index is 711. The average Bonchev–Trinajstić information content (AvgIpc) is 3.01. The van der Waals surface area contributed by atoms with Gasteiger partial charge in [-0.15, -0.1) is 0 Å². The molecular weight excluding hydrogens is 344 g/mol. The Morgan fingerprint density at radius 1 is 1.04 bits per heavy atom. The summed E-state index contributed by atoms with van der Waals surface area (Å²) in [7, 11) is 1.63. The summed E-state index contributed by atoms with van der Waals surface area (Å²) in [5.74, 6) is 2.08. The van der Waals surface area contributed by atoms with E-state index in [0.717, 1.165) is 37.4 Å². The molecule has 0 unspecified atom stereocenters. The van der Waals surface area contributed by atoms with Crippen LogP contribution < -0.4 is 14.8 Å². The zero-order valence-corrected chi connectivity index (χ0v) is 15.7. The van der Waals surface area contributed by atoms with E-state index in [1.54, 1.807) is 19.5 Å². The van der Waals surface area contributed by atoms with Crippen molar-refractivity contribution in [2.75, 3.05) is 38.7 Å². The van der Waals surface area contributed by atoms with Crippen molar-refractivity contribution in [3.63, 3.8) is 0 Å². The van der Waals surface area contributed by atoms with Crippen molar-refractivity contribution in [1.29, 1.82) is 0 Å². The smallest absolute Gasteiger partial charge is 0.256 e. The van der Waals surface area contributed by atoms with Crippen molar-refractivity contribution in [3.8, 4) is 11.5 Å². The molecule has 0 bridgehead atoms. The summed E-state index contributed by atoms with van der Waals surface area (Å²) in [6.45, 7) is 2.68. The van der Waals surface area contributed by atoms with Crippen LogP contribution in [0.4, 0.5) is 5.95 Å². The van der Waals surface area contributed by atoms with Crippen LogP contribution in [0.15, 0.2) is 36.7 Å². The first-order valence-corrected chi connectivity index (χ1v) is 9.38. The number of aromatic nitrogens is 2. The molecule has 0 radical (unpaired) electrons. The highest BCUT2D eigenvalue weighted by Gasteiger charge is 2.17. The molecule has 1 aromatic heterocycles. The van der Waals surface area contributed by atoms with Crippen LogP contribution in [0, 0.1) is 0 Å². The van der Waals surface area contributed by atoms with Gasteiger partial charge in [-0.3, -0.25) is 4.79 Å². The molecular formula is C20H26N4O3. The van der Waals surface area contributed by atoms with E-state index in [-0.39, 0.29) is 5.91 Å². The SMILES string of the molecule is COc1ccc(OCCNc2ncc(C(=O)N3CCCCCC3)cn2)cc1. The number of nitrogens with zero attached hydrogens (tertiary/aromatic N) is 3. The lowest BCUT2D eigenvalue weighted by Gasteiger charge is -2.19. The average molecular weight is 370 g/mol. The Morgan fingerprint density at radius 3 is 2.30 bits per heavy atom. The third-order valence-corrected chi connectivity index (χ3v) is 4.51. The van der Waals surface area contributed by atoms with Crippen LogP contribution in [0.3, 0.4) is 0 Å². The van der Waals surface area contributed by atoms with E-state index >= 15 is 0 Å². The predicted octanol–water partition coefficient (Wildman–Crippen LogP) is 2.99. The maximum Gasteiger partial charge on any atom is 0.256 e. The molecule has 0 saturated carbocycles. The van der Waals surface area contributed by atoms with Crippen LogP contribution >= 0.6 is 0 Å². The standard InChI is InChI=1S/C20H26N4O3/c1-26-17-6-8-18(9-7-17)27-13-10-21-20-22-14-16(15-23-20)19(25)24-11-4-2-3-5-12-24/h6-9,14-15H,2-5,10-13H2,1H3,(H,21,22,23). The number of likely N-dealkylation sites (tertiary alicyclic amines) is 1. The lowest BCUT2D eigenvalue weighted by Crippen LogP contribution is -2.32. The van der Waals surface area contributed by atoms with Crippen LogP contribution in [-0.2, 0) is 0 Å². The minimum Gasteiger partial charge on any atom is -0.497 e. The molecule has 1 saturated heterocycles. The van der Waals surface area contributed by atoms with Crippen LogP contribution in [0.2, 0.25) is 0 Å². The topological polar surface area (TPSA) is 76.6 Å². The molecule has 3 rings (SSSR count). The van der Waals surface area contributed by atoms with Gasteiger partial charge in [0.25, 0.3) is 5.91 Å². The fourth-order valence-corrected chi connectivity index (χ4v) is 2.99. The number of carbonyl (C=O) groups is 1. The first-order valence-electron chi connectivity index (χ1n) is 9.38. The van der Waals surface area contributed by atoms with E-state index in [0.29, 0.717) is 24.7 Å². The summed E-state index contributed by atoms with van der Waals surface area (Å²) >= 11 is 0. The van der Waals surface area contributed by atoms with Crippen molar-refractivity contribution >= 4 is 11.9 Å². The highest BCUT2D eigenvalue weighted by Crippen LogP contribution is 2.17. The van der Waals surface area contributed by atoms with Gasteiger partial charge in [0.05, 0.1) is 19.2 Å². The second-order valence-electron chi connectivity index (χ2n) is 6.45. The van der Waals surface area contributed by atoms with Gasteiger partial charge in [0, 0.05) is 25.5 Å². The van der Waals surface area contributed by atoms with Crippen molar-refractivity contribution in [2.24, 2.45) is 0 Å². The van der Waals surface area contributed by atoms with Crippen molar-refractivity contribution in [3.05, 3.63) is 42.2 Å². The number of rotatable bonds is 7. The van der Waals surface area contributed by atoms with E-state index in [1.807, 2.05) is 29.2 Å². The second kappa shape index (κ2) is 9.75. The number of amides is 1. The van der Waals surface area contributed by atoms with Gasteiger partial charge in [0.1, 0.15) is 18.1 Å². The molecule has 1 N–H and O–H groups in total. The number of methoxy groups -OCH3 is 1. The zero-order chi connectivity index (χ0) is 18.9. The van der Waals surface area contributed by atoms with E-state index in [1.165, 1.54) is 12.8 Å². The lowest BCUT2D eigenvalue weighted by molar-refractivity contribution is 0.0761. The van der Waals surface area contributed by atoms with Gasteiger partial charge in [0.15, 0.2) is 0 Å². The summed E-state index contributed by atoms with van der Waals surface area (Å²) in [4.78, 5) is 22.9. The summed E-state index contributed by atoms with van der Waals surface area (Å²) < 4.78 is 10.8. The third-order valence-electron chi connectivity index (χ3n) is 4.51. The molecule has 144 valence electrons. The minimum absolute atomic E-state index is 0.0197. The number of hydrogen-bond acceptors (Lipinski definition) is 6. The van der Waals surface area contributed by atoms with Crippen LogP contribution in [0.25, 0.3) is 0 Å². The Labute approximate surface area is 159 Å². The van der Waals surface area contributed by atoms with Gasteiger partial charge in [-0.25, -0.2) is 9.97 Å². The first kappa shape index (κ1) is 18.9. The van der Waals surface area contributed by atoms with Crippen molar-refractivity contribution in [2.45, 2.75) is 25.7 Å². The molecule has 7 nitrogen and oxygen atoms in total. The molecule has 2 heterocycles. The maximum absolute atomic E-state index is 12.5. The van der Waals surface area contributed by atoms with E-state index in [9.17, 15) is 4.79 Å². The van der Waals surface area contributed by atoms with Gasteiger partial charge in [0.2, 0.25) is 5.95 Å². The summed E-state index contributed by atoms with van der Waals surface area (Å²) in [5, 5.41) is 3.10. The Morgan fingerprint density at radius 2 is 1.67 bits per heavy atom. The highest BCUT2D eigenvalue weighted by atomic mass is 16.5.